The van der Waals surface area contributed by atoms with Crippen LogP contribution in [0.3, 0.4) is 0 Å². The highest BCUT2D eigenvalue weighted by Crippen LogP contribution is 2.44. The third kappa shape index (κ3) is 6.57. The topological polar surface area (TPSA) is 50.7 Å². The molecule has 0 heterocycles. The van der Waals surface area contributed by atoms with Crippen molar-refractivity contribution in [2.75, 3.05) is 6.54 Å². The third-order valence-corrected chi connectivity index (χ3v) is 6.39. The lowest BCUT2D eigenvalue weighted by molar-refractivity contribution is -0.280. The summed E-state index contributed by atoms with van der Waals surface area (Å²) in [6, 6.07) is 10.7. The molecule has 1 unspecified atom stereocenters. The number of aliphatic hydroxyl groups excluding tert-OH is 1. The summed E-state index contributed by atoms with van der Waals surface area (Å²) in [4.78, 5) is 0. The van der Waals surface area contributed by atoms with Crippen molar-refractivity contribution in [3.63, 3.8) is 0 Å². The highest BCUT2D eigenvalue weighted by Gasteiger charge is 2.47. The molecule has 13 heteroatoms. The first-order chi connectivity index (χ1) is 18.7. The van der Waals surface area contributed by atoms with Crippen LogP contribution in [0.4, 0.5) is 39.5 Å². The Labute approximate surface area is 223 Å². The Morgan fingerprint density at radius 2 is 1.65 bits per heavy atom. The van der Waals surface area contributed by atoms with Crippen molar-refractivity contribution in [3.05, 3.63) is 89.0 Å². The van der Waals surface area contributed by atoms with Gasteiger partial charge in [0.15, 0.2) is 17.7 Å². The molecule has 0 spiro atoms. The van der Waals surface area contributed by atoms with Crippen LogP contribution in [0.25, 0.3) is 0 Å². The minimum absolute atomic E-state index is 0.00504. The molecule has 40 heavy (non-hydrogen) atoms. The number of nitrogens with one attached hydrogen (secondary N) is 1. The van der Waals surface area contributed by atoms with Crippen LogP contribution in [-0.4, -0.2) is 48.7 Å². The van der Waals surface area contributed by atoms with Gasteiger partial charge in [-0.3, -0.25) is 5.32 Å². The molecule has 3 atom stereocenters. The van der Waals surface area contributed by atoms with Gasteiger partial charge in [-0.15, -0.1) is 0 Å². The lowest BCUT2D eigenvalue weighted by Crippen LogP contribution is -2.51. The Kier molecular flexibility index (Phi) is 8.46. The Balaban J connectivity index is 1.91. The summed E-state index contributed by atoms with van der Waals surface area (Å²) >= 11 is 0. The molecule has 0 aliphatic heterocycles. The summed E-state index contributed by atoms with van der Waals surface area (Å²) in [5.74, 6) is -2.05. The van der Waals surface area contributed by atoms with Crippen molar-refractivity contribution in [1.29, 1.82) is 0 Å². The van der Waals surface area contributed by atoms with E-state index < -0.39 is 61.1 Å². The van der Waals surface area contributed by atoms with E-state index in [-0.39, 0.29) is 28.6 Å². The van der Waals surface area contributed by atoms with Gasteiger partial charge in [-0.05, 0) is 53.8 Å². The highest BCUT2D eigenvalue weighted by molar-refractivity contribution is 5.52. The highest BCUT2D eigenvalue weighted by atomic mass is 19.4. The van der Waals surface area contributed by atoms with Gasteiger partial charge in [0.25, 0.3) is 0 Å². The van der Waals surface area contributed by atoms with Gasteiger partial charge in [-0.2, -0.15) is 30.7 Å². The Bertz CT molecular complexity index is 1250. The molecule has 0 amide bonds. The van der Waals surface area contributed by atoms with Crippen molar-refractivity contribution in [1.82, 2.24) is 5.32 Å². The van der Waals surface area contributed by atoms with Crippen LogP contribution in [0.2, 0.25) is 0 Å². The van der Waals surface area contributed by atoms with E-state index in [0.29, 0.717) is 18.9 Å². The second kappa shape index (κ2) is 11.4. The average molecular weight is 581 g/mol. The number of allylic oxidation sites excluding steroid dienone is 2. The van der Waals surface area contributed by atoms with Crippen LogP contribution in [0.15, 0.2) is 72.0 Å². The van der Waals surface area contributed by atoms with Gasteiger partial charge in [0.2, 0.25) is 0 Å². The second-order valence-corrected chi connectivity index (χ2v) is 9.44. The molecule has 2 aliphatic carbocycles. The van der Waals surface area contributed by atoms with Crippen LogP contribution >= 0.6 is 0 Å². The molecule has 2 aromatic carbocycles. The van der Waals surface area contributed by atoms with Crippen molar-refractivity contribution in [3.8, 4) is 5.75 Å². The maximum absolute atomic E-state index is 15.0. The van der Waals surface area contributed by atoms with Gasteiger partial charge in [0.05, 0.1) is 11.6 Å². The van der Waals surface area contributed by atoms with E-state index in [9.17, 15) is 44.6 Å². The number of halogens is 9. The fraction of sp³-hybridized carbons (Fsp3) is 0.407. The number of aliphatic hydroxyl groups is 1. The SMILES string of the molecule is O[C@@H](CN[C@](C1=CC(OC(F)(F)C(F)F)=CC(F)C1)(c1ccccc1)c1ccc(F)c(OC2CC2)c1)C(F)(F)F. The van der Waals surface area contributed by atoms with Gasteiger partial charge >= 0.3 is 18.7 Å². The molecule has 0 saturated heterocycles. The summed E-state index contributed by atoms with van der Waals surface area (Å²) in [6.45, 7) is -1.17. The minimum Gasteiger partial charge on any atom is -0.487 e. The van der Waals surface area contributed by atoms with Crippen LogP contribution in [0, 0.1) is 5.82 Å². The molecular weight excluding hydrogens is 557 g/mol. The first-order valence-electron chi connectivity index (χ1n) is 12.2. The minimum atomic E-state index is -5.07. The van der Waals surface area contributed by atoms with E-state index in [2.05, 4.69) is 10.1 Å². The van der Waals surface area contributed by atoms with Crippen molar-refractivity contribution in [2.24, 2.45) is 0 Å². The lowest BCUT2D eigenvalue weighted by Gasteiger charge is -2.41. The van der Waals surface area contributed by atoms with E-state index >= 15 is 0 Å². The molecular formula is C27H24F9NO3. The van der Waals surface area contributed by atoms with Crippen LogP contribution < -0.4 is 10.1 Å². The van der Waals surface area contributed by atoms with Crippen LogP contribution in [-0.2, 0) is 10.3 Å². The van der Waals surface area contributed by atoms with Gasteiger partial charge in [-0.1, -0.05) is 36.4 Å². The fourth-order valence-corrected chi connectivity index (χ4v) is 4.35. The molecule has 2 N–H and O–H groups in total. The predicted octanol–water partition coefficient (Wildman–Crippen LogP) is 6.55. The summed E-state index contributed by atoms with van der Waals surface area (Å²) in [6.07, 6.45) is -17.6. The summed E-state index contributed by atoms with van der Waals surface area (Å²) in [5.41, 5.74) is -2.08. The monoisotopic (exact) mass is 581 g/mol. The number of rotatable bonds is 11. The largest absolute Gasteiger partial charge is 0.487 e. The molecule has 0 bridgehead atoms. The molecule has 2 aromatic rings. The van der Waals surface area contributed by atoms with Crippen LogP contribution in [0.5, 0.6) is 5.75 Å². The standard InChI is InChI=1S/C27H24F9NO3/c28-18-10-17(11-20(13-18)40-27(35,36)24(30)31)25(15-4-2-1-3-5-15,37-14-23(38)26(32,33)34)16-6-9-21(29)22(12-16)39-19-7-8-19/h1-6,9,11-13,18-19,23-24,37-38H,7-8,10,14H2/t18?,23-,25+/m0/s1. The van der Waals surface area contributed by atoms with Gasteiger partial charge in [0.1, 0.15) is 11.9 Å². The van der Waals surface area contributed by atoms with E-state index in [0.717, 1.165) is 12.1 Å². The molecule has 4 nitrogen and oxygen atoms in total. The number of ether oxygens (including phenoxy) is 2. The normalized spacial score (nSPS) is 20.4. The van der Waals surface area contributed by atoms with Gasteiger partial charge in [0, 0.05) is 13.0 Å². The van der Waals surface area contributed by atoms with E-state index in [1.54, 1.807) is 6.07 Å². The van der Waals surface area contributed by atoms with E-state index in [1.807, 2.05) is 0 Å². The van der Waals surface area contributed by atoms with Gasteiger partial charge in [-0.25, -0.2) is 8.78 Å². The van der Waals surface area contributed by atoms with Gasteiger partial charge < -0.3 is 14.6 Å². The number of hydrogen-bond donors (Lipinski definition) is 2. The fourth-order valence-electron chi connectivity index (χ4n) is 4.35. The summed E-state index contributed by atoms with van der Waals surface area (Å²) in [7, 11) is 0. The molecule has 0 radical (unpaired) electrons. The van der Waals surface area contributed by atoms with Crippen molar-refractivity contribution < 1.29 is 54.1 Å². The number of hydrogen-bond acceptors (Lipinski definition) is 4. The lowest BCUT2D eigenvalue weighted by atomic mass is 9.73. The maximum Gasteiger partial charge on any atom is 0.461 e. The maximum atomic E-state index is 15.0. The van der Waals surface area contributed by atoms with Crippen LogP contribution in [0.1, 0.15) is 30.4 Å². The average Bonchev–Trinajstić information content (AvgIpc) is 3.69. The van der Waals surface area contributed by atoms with E-state index in [4.69, 9.17) is 4.74 Å². The first-order valence-corrected chi connectivity index (χ1v) is 12.2. The zero-order valence-electron chi connectivity index (χ0n) is 20.6. The Morgan fingerprint density at radius 1 is 0.975 bits per heavy atom. The number of alkyl halides is 8. The zero-order valence-corrected chi connectivity index (χ0v) is 20.6. The molecule has 0 aromatic heterocycles. The Morgan fingerprint density at radius 3 is 2.25 bits per heavy atom. The summed E-state index contributed by atoms with van der Waals surface area (Å²) < 4.78 is 132. The molecule has 2 aliphatic rings. The second-order valence-electron chi connectivity index (χ2n) is 9.44. The molecule has 4 rings (SSSR count). The number of benzene rings is 2. The van der Waals surface area contributed by atoms with E-state index in [1.165, 1.54) is 36.4 Å². The zero-order chi connectivity index (χ0) is 29.3. The smallest absolute Gasteiger partial charge is 0.461 e. The molecule has 1 saturated carbocycles. The predicted molar refractivity (Wildman–Crippen MR) is 125 cm³/mol. The molecule has 1 fully saturated rings. The quantitative estimate of drug-likeness (QED) is 0.296. The Hall–Kier alpha value is -3.19. The summed E-state index contributed by atoms with van der Waals surface area (Å²) in [5, 5.41) is 12.4. The third-order valence-electron chi connectivity index (χ3n) is 6.39. The molecule has 218 valence electrons. The van der Waals surface area contributed by atoms with Crippen molar-refractivity contribution >= 4 is 0 Å². The van der Waals surface area contributed by atoms with Crippen molar-refractivity contribution in [2.45, 2.75) is 61.9 Å². The first kappa shape index (κ1) is 29.8.